The van der Waals surface area contributed by atoms with E-state index in [9.17, 15) is 29.1 Å². The Morgan fingerprint density at radius 3 is 2.20 bits per heavy atom. The average molecular weight is 575 g/mol. The van der Waals surface area contributed by atoms with E-state index < -0.39 is 66.2 Å². The molecule has 0 aliphatic rings. The first-order valence-corrected chi connectivity index (χ1v) is 13.0. The molecule has 1 aromatic carbocycles. The minimum absolute atomic E-state index is 0.000778. The molecule has 3 amide bonds. The topological polar surface area (TPSA) is 268 Å². The first-order valence-electron chi connectivity index (χ1n) is 13.0. The van der Waals surface area contributed by atoms with E-state index in [0.717, 1.165) is 10.9 Å². The lowest BCUT2D eigenvalue weighted by molar-refractivity contribution is -0.143. The zero-order chi connectivity index (χ0) is 30.7. The molecule has 0 saturated heterocycles. The number of nitrogens with two attached hydrogens (primary N) is 3. The molecule has 0 fully saturated rings. The maximum atomic E-state index is 13.4. The Hall–Kier alpha value is -4.66. The van der Waals surface area contributed by atoms with E-state index in [0.29, 0.717) is 5.56 Å². The molecule has 4 unspecified atom stereocenters. The van der Waals surface area contributed by atoms with Gasteiger partial charge in [0.05, 0.1) is 12.5 Å². The molecule has 0 aliphatic heterocycles. The Bertz CT molecular complexity index is 1270. The van der Waals surface area contributed by atoms with E-state index in [1.165, 1.54) is 0 Å². The summed E-state index contributed by atoms with van der Waals surface area (Å²) in [5, 5.41) is 26.9. The molecule has 2 aromatic rings. The van der Waals surface area contributed by atoms with E-state index in [1.807, 2.05) is 24.3 Å². The van der Waals surface area contributed by atoms with Gasteiger partial charge in [0.1, 0.15) is 18.1 Å². The van der Waals surface area contributed by atoms with Crippen LogP contribution >= 0.6 is 0 Å². The summed E-state index contributed by atoms with van der Waals surface area (Å²) in [4.78, 5) is 69.0. The van der Waals surface area contributed by atoms with E-state index in [-0.39, 0.29) is 31.8 Å². The third-order valence-corrected chi connectivity index (χ3v) is 6.27. The SMILES string of the molecule is CC(C)C(NC(=O)C(Cc1c[nH]c2ccccc12)NC(=O)C(CCCN=C(N)N)NC(=O)C(N)CC(=O)O)C(=O)O. The molecule has 4 atom stereocenters. The number of aromatic amines is 1. The molecular weight excluding hydrogens is 536 g/mol. The maximum absolute atomic E-state index is 13.4. The van der Waals surface area contributed by atoms with Gasteiger partial charge in [-0.15, -0.1) is 0 Å². The van der Waals surface area contributed by atoms with Gasteiger partial charge in [-0.05, 0) is 30.4 Å². The second-order valence-corrected chi connectivity index (χ2v) is 9.91. The second kappa shape index (κ2) is 15.2. The van der Waals surface area contributed by atoms with Crippen molar-refractivity contribution in [2.45, 2.75) is 63.7 Å². The van der Waals surface area contributed by atoms with Gasteiger partial charge in [0.2, 0.25) is 17.7 Å². The van der Waals surface area contributed by atoms with Crippen LogP contribution in [0.5, 0.6) is 0 Å². The number of carboxylic acids is 2. The van der Waals surface area contributed by atoms with Crippen LogP contribution in [0, 0.1) is 5.92 Å². The Morgan fingerprint density at radius 1 is 0.951 bits per heavy atom. The van der Waals surface area contributed by atoms with Gasteiger partial charge < -0.3 is 48.3 Å². The number of carbonyl (C=O) groups is 5. The number of benzene rings is 1. The van der Waals surface area contributed by atoms with Crippen molar-refractivity contribution in [2.24, 2.45) is 28.1 Å². The number of nitrogens with zero attached hydrogens (tertiary/aromatic N) is 1. The summed E-state index contributed by atoms with van der Waals surface area (Å²) in [6.45, 7) is 3.40. The lowest BCUT2D eigenvalue weighted by Gasteiger charge is -2.26. The first kappa shape index (κ1) is 32.6. The van der Waals surface area contributed by atoms with Crippen LogP contribution < -0.4 is 33.2 Å². The summed E-state index contributed by atoms with van der Waals surface area (Å²) in [5.41, 5.74) is 17.8. The number of para-hydroxylation sites is 1. The van der Waals surface area contributed by atoms with Gasteiger partial charge in [-0.25, -0.2) is 4.79 Å². The smallest absolute Gasteiger partial charge is 0.326 e. The number of amides is 3. The molecule has 15 heteroatoms. The van der Waals surface area contributed by atoms with Crippen LogP contribution in [-0.4, -0.2) is 81.5 Å². The summed E-state index contributed by atoms with van der Waals surface area (Å²) in [6, 6.07) is 2.23. The number of carboxylic acid groups (broad SMARTS) is 2. The van der Waals surface area contributed by atoms with Crippen molar-refractivity contribution in [1.29, 1.82) is 0 Å². The van der Waals surface area contributed by atoms with Crippen LogP contribution in [0.15, 0.2) is 35.5 Å². The molecule has 0 bridgehead atoms. The zero-order valence-corrected chi connectivity index (χ0v) is 22.9. The average Bonchev–Trinajstić information content (AvgIpc) is 3.30. The number of fused-ring (bicyclic) bond motifs is 1. The van der Waals surface area contributed by atoms with Crippen molar-refractivity contribution >= 4 is 46.5 Å². The Morgan fingerprint density at radius 2 is 1.59 bits per heavy atom. The molecule has 2 rings (SSSR count). The molecule has 0 aliphatic carbocycles. The van der Waals surface area contributed by atoms with Crippen molar-refractivity contribution in [1.82, 2.24) is 20.9 Å². The van der Waals surface area contributed by atoms with Crippen LogP contribution in [0.1, 0.15) is 38.7 Å². The van der Waals surface area contributed by atoms with Crippen molar-refractivity contribution in [2.75, 3.05) is 6.54 Å². The number of rotatable bonds is 16. The fourth-order valence-corrected chi connectivity index (χ4v) is 4.10. The van der Waals surface area contributed by atoms with Gasteiger partial charge in [0.15, 0.2) is 5.96 Å². The number of H-pyrrole nitrogens is 1. The maximum Gasteiger partial charge on any atom is 0.326 e. The number of aliphatic imine (C=N–C) groups is 1. The van der Waals surface area contributed by atoms with E-state index >= 15 is 0 Å². The number of carbonyl (C=O) groups excluding carboxylic acids is 3. The molecular formula is C26H38N8O7. The highest BCUT2D eigenvalue weighted by Gasteiger charge is 2.32. The second-order valence-electron chi connectivity index (χ2n) is 9.91. The molecule has 224 valence electrons. The normalized spacial score (nSPS) is 14.0. The van der Waals surface area contributed by atoms with E-state index in [2.05, 4.69) is 25.9 Å². The van der Waals surface area contributed by atoms with Crippen LogP contribution in [0.2, 0.25) is 0 Å². The van der Waals surface area contributed by atoms with Crippen LogP contribution in [0.4, 0.5) is 0 Å². The van der Waals surface area contributed by atoms with Crippen molar-refractivity contribution in [3.05, 3.63) is 36.0 Å². The molecule has 1 heterocycles. The summed E-state index contributed by atoms with van der Waals surface area (Å²) in [6.07, 6.45) is 1.30. The lowest BCUT2D eigenvalue weighted by atomic mass is 10.0. The highest BCUT2D eigenvalue weighted by Crippen LogP contribution is 2.19. The van der Waals surface area contributed by atoms with Crippen molar-refractivity contribution in [3.8, 4) is 0 Å². The quantitative estimate of drug-likeness (QED) is 0.0653. The van der Waals surface area contributed by atoms with Crippen LogP contribution in [0.25, 0.3) is 10.9 Å². The third-order valence-electron chi connectivity index (χ3n) is 6.27. The Kier molecular flexibility index (Phi) is 12.1. The number of guanidine groups is 1. The van der Waals surface area contributed by atoms with Crippen LogP contribution in [-0.2, 0) is 30.4 Å². The summed E-state index contributed by atoms with van der Waals surface area (Å²) >= 11 is 0. The summed E-state index contributed by atoms with van der Waals surface area (Å²) in [7, 11) is 0. The Labute approximate surface area is 236 Å². The minimum atomic E-state index is -1.42. The fraction of sp³-hybridized carbons (Fsp3) is 0.462. The van der Waals surface area contributed by atoms with Crippen LogP contribution in [0.3, 0.4) is 0 Å². The number of aliphatic carboxylic acids is 2. The van der Waals surface area contributed by atoms with Gasteiger partial charge in [-0.2, -0.15) is 0 Å². The molecule has 41 heavy (non-hydrogen) atoms. The van der Waals surface area contributed by atoms with Gasteiger partial charge in [0.25, 0.3) is 0 Å². The molecule has 0 spiro atoms. The number of nitrogens with one attached hydrogen (secondary N) is 4. The lowest BCUT2D eigenvalue weighted by Crippen LogP contribution is -2.58. The van der Waals surface area contributed by atoms with Gasteiger partial charge >= 0.3 is 11.9 Å². The van der Waals surface area contributed by atoms with E-state index in [1.54, 1.807) is 20.0 Å². The Balaban J connectivity index is 2.33. The number of hydrogen-bond acceptors (Lipinski definition) is 7. The summed E-state index contributed by atoms with van der Waals surface area (Å²) in [5.74, 6) is -5.51. The molecule has 12 N–H and O–H groups in total. The molecule has 15 nitrogen and oxygen atoms in total. The molecule has 0 radical (unpaired) electrons. The van der Waals surface area contributed by atoms with Gasteiger partial charge in [0, 0.05) is 30.1 Å². The first-order chi connectivity index (χ1) is 19.3. The minimum Gasteiger partial charge on any atom is -0.481 e. The van der Waals surface area contributed by atoms with Gasteiger partial charge in [-0.3, -0.25) is 24.2 Å². The highest BCUT2D eigenvalue weighted by atomic mass is 16.4. The zero-order valence-electron chi connectivity index (χ0n) is 22.9. The number of hydrogen-bond donors (Lipinski definition) is 9. The van der Waals surface area contributed by atoms with Crippen molar-refractivity contribution in [3.63, 3.8) is 0 Å². The standard InChI is InChI=1S/C26H38N8O7/c1-13(2)21(25(40)41)34-24(39)19(10-14-12-31-17-7-4-3-6-15(14)17)33-23(38)18(8-5-9-30-26(28)29)32-22(37)16(27)11-20(35)36/h3-4,6-7,12-13,16,18-19,21,31H,5,8-11,27H2,1-2H3,(H,32,37)(H,33,38)(H,34,39)(H,35,36)(H,40,41)(H4,28,29,30). The third kappa shape index (κ3) is 10.1. The number of aromatic nitrogens is 1. The van der Waals surface area contributed by atoms with Gasteiger partial charge in [-0.1, -0.05) is 32.0 Å². The fourth-order valence-electron chi connectivity index (χ4n) is 4.10. The molecule has 0 saturated carbocycles. The monoisotopic (exact) mass is 574 g/mol. The predicted octanol–water partition coefficient (Wildman–Crippen LogP) is -1.24. The van der Waals surface area contributed by atoms with Crippen molar-refractivity contribution < 1.29 is 34.2 Å². The predicted molar refractivity (Wildman–Crippen MR) is 150 cm³/mol. The van der Waals surface area contributed by atoms with E-state index in [4.69, 9.17) is 22.3 Å². The largest absolute Gasteiger partial charge is 0.481 e. The molecule has 1 aromatic heterocycles. The highest BCUT2D eigenvalue weighted by molar-refractivity contribution is 5.95. The summed E-state index contributed by atoms with van der Waals surface area (Å²) < 4.78 is 0.